The molecule has 0 spiro atoms. The summed E-state index contributed by atoms with van der Waals surface area (Å²) in [5.41, 5.74) is 0. The van der Waals surface area contributed by atoms with Crippen LogP contribution in [0.25, 0.3) is 0 Å². The molecule has 0 bridgehead atoms. The van der Waals surface area contributed by atoms with Gasteiger partial charge in [-0.15, -0.1) is 0 Å². The molecule has 0 aliphatic carbocycles. The molecule has 0 N–H and O–H groups in total. The molecule has 0 heterocycles. The van der Waals surface area contributed by atoms with E-state index >= 15 is 0 Å². The summed E-state index contributed by atoms with van der Waals surface area (Å²) in [6.07, 6.45) is 0. The van der Waals surface area contributed by atoms with Gasteiger partial charge < -0.3 is 0 Å². The number of rotatable bonds is 0. The zero-order valence-corrected chi connectivity index (χ0v) is 3.86. The molecule has 0 rings (SSSR count). The molecule has 0 saturated heterocycles. The predicted molar refractivity (Wildman–Crippen MR) is 15.7 cm³/mol. The molecular formula is H3AlLiMnNi. The van der Waals surface area contributed by atoms with Gasteiger partial charge in [-0.2, -0.15) is 0 Å². The van der Waals surface area contributed by atoms with Crippen molar-refractivity contribution in [2.75, 3.05) is 0 Å². The molecule has 0 aromatic carbocycles. The summed E-state index contributed by atoms with van der Waals surface area (Å²) < 4.78 is 0. The first kappa shape index (κ1) is 35.4. The van der Waals surface area contributed by atoms with Gasteiger partial charge in [-0.3, -0.25) is 0 Å². The normalized spacial score (nSPS) is 0. The smallest absolute Gasteiger partial charge is 0 e. The Bertz CT molecular complexity index is 8.00. The average Bonchev–Trinajstić information content (AvgIpc) is 0. The van der Waals surface area contributed by atoms with E-state index in [9.17, 15) is 0 Å². The molecule has 0 unspecified atom stereocenters. The maximum atomic E-state index is 0. The summed E-state index contributed by atoms with van der Waals surface area (Å²) in [5, 5.41) is 0. The van der Waals surface area contributed by atoms with Gasteiger partial charge >= 0.3 is 0 Å². The van der Waals surface area contributed by atoms with E-state index in [0.717, 1.165) is 0 Å². The fourth-order valence-electron chi connectivity index (χ4n) is 0. The average molecular weight is 151 g/mol. The van der Waals surface area contributed by atoms with Crippen LogP contribution >= 0.6 is 0 Å². The van der Waals surface area contributed by atoms with Gasteiger partial charge in [0.15, 0.2) is 17.4 Å². The van der Waals surface area contributed by atoms with E-state index in [1.165, 1.54) is 0 Å². The van der Waals surface area contributed by atoms with Gasteiger partial charge in [0, 0.05) is 52.4 Å². The Morgan fingerprint density at radius 2 is 1.00 bits per heavy atom. The molecule has 0 aliphatic heterocycles. The van der Waals surface area contributed by atoms with Gasteiger partial charge in [-0.25, -0.2) is 0 Å². The second kappa shape index (κ2) is 19.2. The van der Waals surface area contributed by atoms with Crippen molar-refractivity contribution in [3.63, 3.8) is 0 Å². The van der Waals surface area contributed by atoms with Gasteiger partial charge in [0.05, 0.1) is 0 Å². The Morgan fingerprint density at radius 3 is 1.00 bits per heavy atom. The van der Waals surface area contributed by atoms with Crippen LogP contribution in [0.1, 0.15) is 0 Å². The van der Waals surface area contributed by atoms with E-state index in [1.54, 1.807) is 0 Å². The van der Waals surface area contributed by atoms with Crippen LogP contribution in [0.5, 0.6) is 0 Å². The van der Waals surface area contributed by atoms with Crippen LogP contribution < -0.4 is 0 Å². The Balaban J connectivity index is 0. The van der Waals surface area contributed by atoms with Crippen molar-refractivity contribution in [1.82, 2.24) is 0 Å². The van der Waals surface area contributed by atoms with E-state index in [2.05, 4.69) is 0 Å². The Kier molecular flexibility index (Phi) is 170. The van der Waals surface area contributed by atoms with Crippen molar-refractivity contribution in [3.05, 3.63) is 0 Å². The van der Waals surface area contributed by atoms with Gasteiger partial charge in [0.25, 0.3) is 0 Å². The van der Waals surface area contributed by atoms with Crippen molar-refractivity contribution < 1.29 is 33.6 Å². The molecule has 4 heavy (non-hydrogen) atoms. The van der Waals surface area contributed by atoms with E-state index < -0.39 is 0 Å². The first-order chi connectivity index (χ1) is 0. The molecule has 2 radical (unpaired) electrons. The summed E-state index contributed by atoms with van der Waals surface area (Å²) in [7, 11) is 0. The molecule has 4 heteroatoms. The van der Waals surface area contributed by atoms with Crippen LogP contribution in [0.3, 0.4) is 0 Å². The largest absolute Gasteiger partial charge is 0.187 e. The quantitative estimate of drug-likeness (QED) is 0.366. The van der Waals surface area contributed by atoms with Crippen molar-refractivity contribution in [1.29, 1.82) is 0 Å². The minimum absolute atomic E-state index is 0. The summed E-state index contributed by atoms with van der Waals surface area (Å²) >= 11 is 0. The minimum atomic E-state index is 0. The van der Waals surface area contributed by atoms with Crippen molar-refractivity contribution >= 4 is 36.2 Å². The number of hydrogen-bond donors (Lipinski definition) is 0. The monoisotopic (exact) mass is 150 g/mol. The van der Waals surface area contributed by atoms with Crippen molar-refractivity contribution in [2.45, 2.75) is 0 Å². The molecule has 0 aromatic rings. The van der Waals surface area contributed by atoms with Crippen LogP contribution in [-0.2, 0) is 33.6 Å². The molecule has 0 saturated carbocycles. The van der Waals surface area contributed by atoms with Crippen LogP contribution in [0, 0.1) is 0 Å². The SMILES string of the molecule is [AlH3].[Li].[Mn].[Ni]. The van der Waals surface area contributed by atoms with E-state index in [1.807, 2.05) is 0 Å². The van der Waals surface area contributed by atoms with E-state index in [0.29, 0.717) is 0 Å². The minimum Gasteiger partial charge on any atom is 0 e. The van der Waals surface area contributed by atoms with Crippen molar-refractivity contribution in [3.8, 4) is 0 Å². The summed E-state index contributed by atoms with van der Waals surface area (Å²) in [5.74, 6) is 0. The molecule has 0 nitrogen and oxygen atoms in total. The van der Waals surface area contributed by atoms with E-state index in [4.69, 9.17) is 0 Å². The summed E-state index contributed by atoms with van der Waals surface area (Å²) in [6, 6.07) is 0. The maximum absolute atomic E-state index is 0. The van der Waals surface area contributed by atoms with Gasteiger partial charge in [-0.1, -0.05) is 0 Å². The Hall–Kier alpha value is 2.14. The van der Waals surface area contributed by atoms with Crippen molar-refractivity contribution in [2.24, 2.45) is 0 Å². The van der Waals surface area contributed by atoms with Gasteiger partial charge in [0.1, 0.15) is 0 Å². The predicted octanol–water partition coefficient (Wildman–Crippen LogP) is -1.57. The molecule has 0 aromatic heterocycles. The number of hydrogen-bond acceptors (Lipinski definition) is 0. The van der Waals surface area contributed by atoms with Crippen LogP contribution in [-0.4, -0.2) is 36.2 Å². The zero-order valence-electron chi connectivity index (χ0n) is 1.69. The molecule has 0 amide bonds. The zero-order chi connectivity index (χ0) is 0. The fraction of sp³-hybridized carbons (Fsp3) is 0. The summed E-state index contributed by atoms with van der Waals surface area (Å²) in [6.45, 7) is 0. The standard InChI is InChI=1S/Al.Li.Mn.Ni.3H. The topological polar surface area (TPSA) is 0 Å². The Morgan fingerprint density at radius 1 is 1.00 bits per heavy atom. The first-order valence-electron chi connectivity index (χ1n) is 0. The third kappa shape index (κ3) is 8.91. The molecule has 0 atom stereocenters. The second-order valence-corrected chi connectivity index (χ2v) is 0. The maximum Gasteiger partial charge on any atom is 0.187 e. The van der Waals surface area contributed by atoms with E-state index in [-0.39, 0.29) is 69.8 Å². The fourth-order valence-corrected chi connectivity index (χ4v) is 0. The molecular weight excluding hydrogens is 148 g/mol. The molecule has 0 fully saturated rings. The first-order valence-corrected chi connectivity index (χ1v) is 0. The van der Waals surface area contributed by atoms with Gasteiger partial charge in [-0.05, 0) is 0 Å². The van der Waals surface area contributed by atoms with Gasteiger partial charge in [0.2, 0.25) is 0 Å². The van der Waals surface area contributed by atoms with Crippen LogP contribution in [0.2, 0.25) is 0 Å². The molecule has 24 valence electrons. The third-order valence-electron chi connectivity index (χ3n) is 0. The van der Waals surface area contributed by atoms with Crippen LogP contribution in [0.4, 0.5) is 0 Å². The molecule has 0 aliphatic rings. The Labute approximate surface area is 69.2 Å². The third-order valence-corrected chi connectivity index (χ3v) is 0. The summed E-state index contributed by atoms with van der Waals surface area (Å²) in [4.78, 5) is 0. The van der Waals surface area contributed by atoms with Crippen LogP contribution in [0.15, 0.2) is 0 Å². The second-order valence-electron chi connectivity index (χ2n) is 0.